The fraction of sp³-hybridized carbons (Fsp3) is 0.520. The van der Waals surface area contributed by atoms with E-state index in [4.69, 9.17) is 10.5 Å². The summed E-state index contributed by atoms with van der Waals surface area (Å²) in [5, 5.41) is 5.85. The number of nitrogen functional groups attached to an aromatic ring is 1. The Bertz CT molecular complexity index is 1130. The first-order valence-electron chi connectivity index (χ1n) is 12.2. The highest BCUT2D eigenvalue weighted by Gasteiger charge is 2.53. The number of nitrogens with two attached hydrogens (primary N) is 1. The lowest BCUT2D eigenvalue weighted by Crippen LogP contribution is -2.51. The van der Waals surface area contributed by atoms with Crippen molar-refractivity contribution in [2.45, 2.75) is 65.0 Å². The molecule has 2 aromatic rings. The average molecular weight is 496 g/mol. The number of carbonyl (C=O) groups excluding carboxylic acids is 3. The van der Waals surface area contributed by atoms with Gasteiger partial charge in [0.1, 0.15) is 12.1 Å². The average Bonchev–Trinajstić information content (AvgIpc) is 3.07. The van der Waals surface area contributed by atoms with Crippen LogP contribution in [0.2, 0.25) is 0 Å². The lowest BCUT2D eigenvalue weighted by Gasteiger charge is -2.42. The third kappa shape index (κ3) is 5.39. The summed E-state index contributed by atoms with van der Waals surface area (Å²) in [5.74, 6) is -0.306. The summed E-state index contributed by atoms with van der Waals surface area (Å²) < 4.78 is 5.25. The summed E-state index contributed by atoms with van der Waals surface area (Å²) >= 11 is 0. The molecule has 1 aromatic heterocycles. The maximum absolute atomic E-state index is 13.2. The van der Waals surface area contributed by atoms with E-state index in [1.807, 2.05) is 30.3 Å². The second-order valence-electron chi connectivity index (χ2n) is 10.1. The number of urea groups is 1. The molecule has 192 valence electrons. The van der Waals surface area contributed by atoms with Crippen molar-refractivity contribution in [1.29, 1.82) is 0 Å². The maximum Gasteiger partial charge on any atom is 0.326 e. The zero-order valence-electron chi connectivity index (χ0n) is 20.9. The Balaban J connectivity index is 1.33. The van der Waals surface area contributed by atoms with E-state index in [0.717, 1.165) is 29.8 Å². The van der Waals surface area contributed by atoms with Crippen LogP contribution < -0.4 is 16.4 Å². The molecule has 1 spiro atoms. The van der Waals surface area contributed by atoms with Gasteiger partial charge in [-0.2, -0.15) is 15.0 Å². The molecule has 2 aliphatic rings. The molecule has 2 heterocycles. The highest BCUT2D eigenvalue weighted by Crippen LogP contribution is 2.45. The third-order valence-electron chi connectivity index (χ3n) is 7.48. The van der Waals surface area contributed by atoms with Crippen LogP contribution >= 0.6 is 0 Å². The van der Waals surface area contributed by atoms with E-state index in [0.29, 0.717) is 18.8 Å². The van der Waals surface area contributed by atoms with Crippen LogP contribution in [0.5, 0.6) is 0 Å². The summed E-state index contributed by atoms with van der Waals surface area (Å²) in [6.45, 7) is 5.90. The molecule has 36 heavy (non-hydrogen) atoms. The molecule has 11 nitrogen and oxygen atoms in total. The van der Waals surface area contributed by atoms with Crippen molar-refractivity contribution in [2.75, 3.05) is 17.6 Å². The van der Waals surface area contributed by atoms with Gasteiger partial charge in [-0.1, -0.05) is 45.4 Å². The van der Waals surface area contributed by atoms with Crippen LogP contribution in [0.15, 0.2) is 30.3 Å². The molecular weight excluding hydrogens is 462 g/mol. The number of esters is 1. The lowest BCUT2D eigenvalue weighted by atomic mass is 9.65. The maximum atomic E-state index is 13.2. The van der Waals surface area contributed by atoms with Gasteiger partial charge in [0.25, 0.3) is 5.91 Å². The fourth-order valence-corrected chi connectivity index (χ4v) is 4.87. The number of amides is 3. The minimum atomic E-state index is -0.932. The third-order valence-corrected chi connectivity index (χ3v) is 7.48. The Labute approximate surface area is 210 Å². The smallest absolute Gasteiger partial charge is 0.326 e. The Morgan fingerprint density at radius 3 is 2.56 bits per heavy atom. The predicted molar refractivity (Wildman–Crippen MR) is 133 cm³/mol. The van der Waals surface area contributed by atoms with E-state index in [-0.39, 0.29) is 35.7 Å². The van der Waals surface area contributed by atoms with Crippen molar-refractivity contribution < 1.29 is 19.1 Å². The van der Waals surface area contributed by atoms with Gasteiger partial charge in [-0.3, -0.25) is 14.5 Å². The van der Waals surface area contributed by atoms with E-state index in [1.165, 1.54) is 0 Å². The first-order valence-corrected chi connectivity index (χ1v) is 12.2. The molecule has 1 aromatic carbocycles. The number of anilines is 3. The van der Waals surface area contributed by atoms with Gasteiger partial charge in [0.05, 0.1) is 0 Å². The minimum Gasteiger partial charge on any atom is -0.456 e. The normalized spacial score (nSPS) is 22.0. The van der Waals surface area contributed by atoms with Crippen molar-refractivity contribution >= 4 is 35.5 Å². The second-order valence-corrected chi connectivity index (χ2v) is 10.1. The zero-order chi connectivity index (χ0) is 25.9. The van der Waals surface area contributed by atoms with Gasteiger partial charge in [-0.15, -0.1) is 0 Å². The molecule has 2 fully saturated rings. The Hall–Kier alpha value is -3.76. The summed E-state index contributed by atoms with van der Waals surface area (Å²) in [5.41, 5.74) is 5.77. The van der Waals surface area contributed by atoms with Gasteiger partial charge in [-0.25, -0.2) is 4.79 Å². The van der Waals surface area contributed by atoms with E-state index >= 15 is 0 Å². The summed E-state index contributed by atoms with van der Waals surface area (Å²) in [4.78, 5) is 51.4. The molecule has 0 atom stereocenters. The Kier molecular flexibility index (Phi) is 7.09. The molecule has 1 aliphatic carbocycles. The quantitative estimate of drug-likeness (QED) is 0.370. The first-order chi connectivity index (χ1) is 17.1. The Morgan fingerprint density at radius 1 is 1.19 bits per heavy atom. The number of hydrogen-bond donors (Lipinski definition) is 3. The molecule has 0 unspecified atom stereocenters. The Morgan fingerprint density at radius 2 is 1.89 bits per heavy atom. The van der Waals surface area contributed by atoms with Crippen LogP contribution in [0.3, 0.4) is 0 Å². The number of para-hydroxylation sites is 1. The monoisotopic (exact) mass is 495 g/mol. The van der Waals surface area contributed by atoms with Crippen LogP contribution in [0, 0.1) is 11.3 Å². The molecule has 11 heteroatoms. The van der Waals surface area contributed by atoms with E-state index in [2.05, 4.69) is 46.4 Å². The number of rotatable bonds is 8. The van der Waals surface area contributed by atoms with Crippen LogP contribution in [-0.2, 0) is 20.9 Å². The van der Waals surface area contributed by atoms with Gasteiger partial charge in [0, 0.05) is 5.69 Å². The second kappa shape index (κ2) is 10.1. The molecule has 0 radical (unpaired) electrons. The standard InChI is InChI=1S/C25H33N7O4/c1-4-24(2,3)16-10-12-25(13-11-16)20(34)32(23(35)31-25)14-19(33)36-15-18-28-21(26)30-22(29-18)27-17-8-6-5-7-9-17/h5-9,16H,4,10-15H2,1-3H3,(H,31,35)(H3,26,27,28,29,30). The highest BCUT2D eigenvalue weighted by atomic mass is 16.5. The van der Waals surface area contributed by atoms with Gasteiger partial charge >= 0.3 is 12.0 Å². The summed E-state index contributed by atoms with van der Waals surface area (Å²) in [6.07, 6.45) is 3.90. The van der Waals surface area contributed by atoms with Gasteiger partial charge < -0.3 is 21.1 Å². The van der Waals surface area contributed by atoms with E-state index < -0.39 is 24.1 Å². The molecule has 0 bridgehead atoms. The minimum absolute atomic E-state index is 0.0348. The van der Waals surface area contributed by atoms with Crippen molar-refractivity contribution in [1.82, 2.24) is 25.2 Å². The lowest BCUT2D eigenvalue weighted by molar-refractivity contribution is -0.149. The van der Waals surface area contributed by atoms with Crippen LogP contribution in [0.25, 0.3) is 0 Å². The molecule has 4 N–H and O–H groups in total. The molecule has 1 saturated carbocycles. The fourth-order valence-electron chi connectivity index (χ4n) is 4.87. The van der Waals surface area contributed by atoms with Gasteiger partial charge in [0.15, 0.2) is 12.4 Å². The number of ether oxygens (including phenoxy) is 1. The van der Waals surface area contributed by atoms with Gasteiger partial charge in [-0.05, 0) is 49.1 Å². The summed E-state index contributed by atoms with van der Waals surface area (Å²) in [7, 11) is 0. The van der Waals surface area contributed by atoms with Crippen LogP contribution in [-0.4, -0.2) is 49.8 Å². The molecular formula is C25H33N7O4. The van der Waals surface area contributed by atoms with E-state index in [9.17, 15) is 14.4 Å². The largest absolute Gasteiger partial charge is 0.456 e. The van der Waals surface area contributed by atoms with Gasteiger partial charge in [0.2, 0.25) is 11.9 Å². The number of nitrogens with one attached hydrogen (secondary N) is 2. The molecule has 4 rings (SSSR count). The van der Waals surface area contributed by atoms with Crippen molar-refractivity contribution in [2.24, 2.45) is 11.3 Å². The van der Waals surface area contributed by atoms with Crippen LogP contribution in [0.4, 0.5) is 22.4 Å². The number of nitrogens with zero attached hydrogens (tertiary/aromatic N) is 4. The first kappa shape index (κ1) is 25.3. The topological polar surface area (TPSA) is 152 Å². The predicted octanol–water partition coefficient (Wildman–Crippen LogP) is 3.16. The van der Waals surface area contributed by atoms with Crippen LogP contribution in [0.1, 0.15) is 58.7 Å². The van der Waals surface area contributed by atoms with Crippen molar-refractivity contribution in [3.05, 3.63) is 36.2 Å². The number of carbonyl (C=O) groups is 3. The number of imide groups is 1. The van der Waals surface area contributed by atoms with E-state index in [1.54, 1.807) is 0 Å². The molecule has 1 saturated heterocycles. The number of aromatic nitrogens is 3. The summed E-state index contributed by atoms with van der Waals surface area (Å²) in [6, 6.07) is 8.69. The zero-order valence-corrected chi connectivity index (χ0v) is 20.9. The van der Waals surface area contributed by atoms with Crippen molar-refractivity contribution in [3.63, 3.8) is 0 Å². The molecule has 1 aliphatic heterocycles. The highest BCUT2D eigenvalue weighted by molar-refractivity contribution is 6.08. The SMILES string of the molecule is CCC(C)(C)C1CCC2(CC1)NC(=O)N(CC(=O)OCc1nc(N)nc(Nc3ccccc3)n1)C2=O. The molecule has 3 amide bonds. The number of hydrogen-bond acceptors (Lipinski definition) is 9. The number of benzene rings is 1. The van der Waals surface area contributed by atoms with Crippen molar-refractivity contribution in [3.8, 4) is 0 Å².